The van der Waals surface area contributed by atoms with E-state index in [4.69, 9.17) is 4.74 Å². The van der Waals surface area contributed by atoms with Crippen molar-refractivity contribution in [3.63, 3.8) is 0 Å². The van der Waals surface area contributed by atoms with Crippen molar-refractivity contribution in [2.75, 3.05) is 30.1 Å². The lowest BCUT2D eigenvalue weighted by molar-refractivity contribution is 0.102. The van der Waals surface area contributed by atoms with Crippen LogP contribution in [0.2, 0.25) is 0 Å². The molecule has 1 aromatic heterocycles. The molecule has 1 amide bonds. The van der Waals surface area contributed by atoms with Gasteiger partial charge in [-0.05, 0) is 30.3 Å². The third-order valence-corrected chi connectivity index (χ3v) is 3.59. The van der Waals surface area contributed by atoms with Gasteiger partial charge in [-0.15, -0.1) is 0 Å². The van der Waals surface area contributed by atoms with E-state index in [1.165, 1.54) is 0 Å². The highest BCUT2D eigenvalue weighted by atomic mass is 16.5. The Kier molecular flexibility index (Phi) is 5.28. The zero-order chi connectivity index (χ0) is 18.4. The first-order valence-corrected chi connectivity index (χ1v) is 8.02. The van der Waals surface area contributed by atoms with E-state index in [9.17, 15) is 4.79 Å². The number of carbonyl (C=O) groups is 1. The van der Waals surface area contributed by atoms with Gasteiger partial charge in [-0.25, -0.2) is 0 Å². The van der Waals surface area contributed by atoms with Crippen molar-refractivity contribution < 1.29 is 9.53 Å². The summed E-state index contributed by atoms with van der Waals surface area (Å²) in [5.74, 6) is 1.63. The summed E-state index contributed by atoms with van der Waals surface area (Å²) in [5, 5.41) is 8.86. The van der Waals surface area contributed by atoms with E-state index in [0.29, 0.717) is 22.9 Å². The van der Waals surface area contributed by atoms with E-state index < -0.39 is 0 Å². The quantitative estimate of drug-likeness (QED) is 0.631. The molecule has 0 fully saturated rings. The van der Waals surface area contributed by atoms with E-state index in [1.54, 1.807) is 44.5 Å². The van der Waals surface area contributed by atoms with Crippen LogP contribution in [-0.2, 0) is 0 Å². The molecule has 1 heterocycles. The van der Waals surface area contributed by atoms with Gasteiger partial charge in [0.2, 0.25) is 5.95 Å². The summed E-state index contributed by atoms with van der Waals surface area (Å²) in [6, 6.07) is 18.3. The van der Waals surface area contributed by atoms with Crippen molar-refractivity contribution in [3.05, 3.63) is 66.2 Å². The third-order valence-electron chi connectivity index (χ3n) is 3.59. The second-order valence-electron chi connectivity index (χ2n) is 5.39. The number of para-hydroxylation sites is 1. The number of amides is 1. The maximum atomic E-state index is 12.5. The predicted octanol–water partition coefficient (Wildman–Crippen LogP) is 3.52. The van der Waals surface area contributed by atoms with Gasteiger partial charge in [0.15, 0.2) is 0 Å². The van der Waals surface area contributed by atoms with Gasteiger partial charge in [-0.2, -0.15) is 9.97 Å². The first kappa shape index (κ1) is 17.2. The number of hydrogen-bond acceptors (Lipinski definition) is 6. The molecule has 3 rings (SSSR count). The highest BCUT2D eigenvalue weighted by molar-refractivity contribution is 6.03. The number of benzene rings is 2. The van der Waals surface area contributed by atoms with Crippen LogP contribution in [0.15, 0.2) is 60.7 Å². The molecule has 0 spiro atoms. The molecule has 3 aromatic rings. The topological polar surface area (TPSA) is 88.2 Å². The maximum Gasteiger partial charge on any atom is 0.258 e. The summed E-state index contributed by atoms with van der Waals surface area (Å²) in [6.07, 6.45) is 0. The van der Waals surface area contributed by atoms with Crippen molar-refractivity contribution >= 4 is 29.2 Å². The molecular formula is C19H19N5O2. The van der Waals surface area contributed by atoms with Crippen LogP contribution >= 0.6 is 0 Å². The number of aromatic nitrogens is 2. The summed E-state index contributed by atoms with van der Waals surface area (Å²) < 4.78 is 5.15. The fraction of sp³-hybridized carbons (Fsp3) is 0.105. The largest absolute Gasteiger partial charge is 0.497 e. The third kappa shape index (κ3) is 4.27. The van der Waals surface area contributed by atoms with Crippen molar-refractivity contribution in [3.8, 4) is 5.75 Å². The highest BCUT2D eigenvalue weighted by Gasteiger charge is 2.11. The van der Waals surface area contributed by atoms with Crippen molar-refractivity contribution in [2.24, 2.45) is 0 Å². The molecule has 132 valence electrons. The van der Waals surface area contributed by atoms with Crippen LogP contribution in [0.4, 0.5) is 23.3 Å². The molecule has 0 aliphatic heterocycles. The molecule has 0 bridgehead atoms. The van der Waals surface area contributed by atoms with Gasteiger partial charge >= 0.3 is 0 Å². The standard InChI is InChI=1S/C19H19N5O2/c1-20-16-12-17(21-14-8-4-3-5-9-14)23-19(22-16)24-18(25)13-7-6-10-15(11-13)26-2/h3-12H,1-2H3,(H3,20,21,22,23,24,25). The number of anilines is 4. The van der Waals surface area contributed by atoms with E-state index in [1.807, 2.05) is 30.3 Å². The highest BCUT2D eigenvalue weighted by Crippen LogP contribution is 2.19. The lowest BCUT2D eigenvalue weighted by Gasteiger charge is -2.11. The van der Waals surface area contributed by atoms with Crippen molar-refractivity contribution in [2.45, 2.75) is 0 Å². The number of methoxy groups -OCH3 is 1. The minimum Gasteiger partial charge on any atom is -0.497 e. The molecule has 0 unspecified atom stereocenters. The Morgan fingerprint density at radius 3 is 2.46 bits per heavy atom. The fourth-order valence-electron chi connectivity index (χ4n) is 2.30. The molecule has 0 atom stereocenters. The van der Waals surface area contributed by atoms with E-state index in [0.717, 1.165) is 5.69 Å². The predicted molar refractivity (Wildman–Crippen MR) is 102 cm³/mol. The summed E-state index contributed by atoms with van der Waals surface area (Å²) in [7, 11) is 3.31. The summed E-state index contributed by atoms with van der Waals surface area (Å²) in [5.41, 5.74) is 1.35. The number of carbonyl (C=O) groups excluding carboxylic acids is 1. The zero-order valence-corrected chi connectivity index (χ0v) is 14.5. The number of ether oxygens (including phenoxy) is 1. The average molecular weight is 349 g/mol. The van der Waals surface area contributed by atoms with Crippen LogP contribution in [0, 0.1) is 0 Å². The summed E-state index contributed by atoms with van der Waals surface area (Å²) in [4.78, 5) is 21.1. The fourth-order valence-corrected chi connectivity index (χ4v) is 2.30. The zero-order valence-electron chi connectivity index (χ0n) is 14.5. The van der Waals surface area contributed by atoms with Crippen LogP contribution in [-0.4, -0.2) is 30.0 Å². The molecule has 26 heavy (non-hydrogen) atoms. The smallest absolute Gasteiger partial charge is 0.258 e. The van der Waals surface area contributed by atoms with Gasteiger partial charge in [0.05, 0.1) is 7.11 Å². The Labute approximate surface area is 151 Å². The monoisotopic (exact) mass is 349 g/mol. The first-order valence-electron chi connectivity index (χ1n) is 8.02. The molecule has 3 N–H and O–H groups in total. The molecule has 0 aliphatic carbocycles. The Morgan fingerprint density at radius 2 is 1.73 bits per heavy atom. The lowest BCUT2D eigenvalue weighted by Crippen LogP contribution is -2.15. The Hall–Kier alpha value is -3.61. The second-order valence-corrected chi connectivity index (χ2v) is 5.39. The van der Waals surface area contributed by atoms with Gasteiger partial charge < -0.3 is 15.4 Å². The molecular weight excluding hydrogens is 330 g/mol. The summed E-state index contributed by atoms with van der Waals surface area (Å²) >= 11 is 0. The Balaban J connectivity index is 1.82. The van der Waals surface area contributed by atoms with Gasteiger partial charge in [0.1, 0.15) is 17.4 Å². The molecule has 7 nitrogen and oxygen atoms in total. The molecule has 0 saturated heterocycles. The Bertz CT molecular complexity index is 899. The summed E-state index contributed by atoms with van der Waals surface area (Å²) in [6.45, 7) is 0. The van der Waals surface area contributed by atoms with Crippen molar-refractivity contribution in [1.29, 1.82) is 0 Å². The second kappa shape index (κ2) is 7.98. The van der Waals surface area contributed by atoms with E-state index in [2.05, 4.69) is 25.9 Å². The minimum atomic E-state index is -0.317. The lowest BCUT2D eigenvalue weighted by atomic mass is 10.2. The SMILES string of the molecule is CNc1cc(Nc2ccccc2)nc(NC(=O)c2cccc(OC)c2)n1. The number of nitrogens with zero attached hydrogens (tertiary/aromatic N) is 2. The first-order chi connectivity index (χ1) is 12.7. The normalized spacial score (nSPS) is 10.1. The maximum absolute atomic E-state index is 12.5. The van der Waals surface area contributed by atoms with Gasteiger partial charge in [0.25, 0.3) is 5.91 Å². The number of hydrogen-bond donors (Lipinski definition) is 3. The van der Waals surface area contributed by atoms with Gasteiger partial charge in [-0.3, -0.25) is 10.1 Å². The van der Waals surface area contributed by atoms with Crippen LogP contribution in [0.25, 0.3) is 0 Å². The number of rotatable bonds is 6. The molecule has 0 aliphatic rings. The van der Waals surface area contributed by atoms with E-state index >= 15 is 0 Å². The molecule has 7 heteroatoms. The number of nitrogens with one attached hydrogen (secondary N) is 3. The van der Waals surface area contributed by atoms with Gasteiger partial charge in [0, 0.05) is 24.4 Å². The van der Waals surface area contributed by atoms with Gasteiger partial charge in [-0.1, -0.05) is 24.3 Å². The average Bonchev–Trinajstić information content (AvgIpc) is 2.68. The van der Waals surface area contributed by atoms with Crippen LogP contribution in [0.5, 0.6) is 5.75 Å². The molecule has 0 saturated carbocycles. The van der Waals surface area contributed by atoms with Crippen LogP contribution < -0.4 is 20.7 Å². The Morgan fingerprint density at radius 1 is 0.962 bits per heavy atom. The molecule has 0 radical (unpaired) electrons. The van der Waals surface area contributed by atoms with Crippen LogP contribution in [0.3, 0.4) is 0 Å². The van der Waals surface area contributed by atoms with Crippen LogP contribution in [0.1, 0.15) is 10.4 Å². The van der Waals surface area contributed by atoms with E-state index in [-0.39, 0.29) is 11.9 Å². The van der Waals surface area contributed by atoms with Crippen molar-refractivity contribution in [1.82, 2.24) is 9.97 Å². The molecule has 2 aromatic carbocycles. The minimum absolute atomic E-state index is 0.197.